The Labute approximate surface area is 130 Å². The van der Waals surface area contributed by atoms with Crippen LogP contribution in [0.2, 0.25) is 0 Å². The number of nitrogens with one attached hydrogen (secondary N) is 1. The quantitative estimate of drug-likeness (QED) is 0.824. The third-order valence-corrected chi connectivity index (χ3v) is 4.33. The zero-order chi connectivity index (χ0) is 14.2. The molecule has 0 radical (unpaired) electrons. The molecular weight excluding hydrogens is 316 g/mol. The molecule has 1 heterocycles. The number of halogens is 1. The summed E-state index contributed by atoms with van der Waals surface area (Å²) in [5.74, 6) is 0.954. The van der Waals surface area contributed by atoms with Crippen LogP contribution in [0.1, 0.15) is 26.2 Å². The first kappa shape index (κ1) is 15.8. The predicted molar refractivity (Wildman–Crippen MR) is 87.4 cm³/mol. The van der Waals surface area contributed by atoms with E-state index < -0.39 is 0 Å². The SMILES string of the molecule is CCCN(CCOc1ccc(Br)cc1)C1CCNCC1. The van der Waals surface area contributed by atoms with Gasteiger partial charge in [0.1, 0.15) is 12.4 Å². The van der Waals surface area contributed by atoms with Gasteiger partial charge in [0.2, 0.25) is 0 Å². The van der Waals surface area contributed by atoms with E-state index in [4.69, 9.17) is 4.74 Å². The smallest absolute Gasteiger partial charge is 0.119 e. The summed E-state index contributed by atoms with van der Waals surface area (Å²) in [7, 11) is 0. The normalized spacial score (nSPS) is 16.6. The Kier molecular flexibility index (Phi) is 6.83. The van der Waals surface area contributed by atoms with E-state index in [-0.39, 0.29) is 0 Å². The fourth-order valence-corrected chi connectivity index (χ4v) is 3.01. The molecule has 1 N–H and O–H groups in total. The van der Waals surface area contributed by atoms with Crippen LogP contribution < -0.4 is 10.1 Å². The average Bonchev–Trinajstić information content (AvgIpc) is 2.49. The fourth-order valence-electron chi connectivity index (χ4n) is 2.75. The Bertz CT molecular complexity index is 377. The summed E-state index contributed by atoms with van der Waals surface area (Å²) in [6.45, 7) is 7.52. The molecule has 0 bridgehead atoms. The van der Waals surface area contributed by atoms with Gasteiger partial charge >= 0.3 is 0 Å². The lowest BCUT2D eigenvalue weighted by Crippen LogP contribution is -2.45. The zero-order valence-electron chi connectivity index (χ0n) is 12.3. The van der Waals surface area contributed by atoms with Crippen LogP contribution in [-0.4, -0.2) is 43.7 Å². The summed E-state index contributed by atoms with van der Waals surface area (Å²) in [4.78, 5) is 2.60. The first-order valence-corrected chi connectivity index (χ1v) is 8.42. The van der Waals surface area contributed by atoms with E-state index in [1.807, 2.05) is 24.3 Å². The number of hydrogen-bond donors (Lipinski definition) is 1. The van der Waals surface area contributed by atoms with Crippen LogP contribution in [0.3, 0.4) is 0 Å². The topological polar surface area (TPSA) is 24.5 Å². The molecule has 0 aromatic heterocycles. The molecule has 4 heteroatoms. The van der Waals surface area contributed by atoms with Gasteiger partial charge in [0.25, 0.3) is 0 Å². The van der Waals surface area contributed by atoms with Crippen LogP contribution in [0, 0.1) is 0 Å². The highest BCUT2D eigenvalue weighted by molar-refractivity contribution is 9.10. The highest BCUT2D eigenvalue weighted by atomic mass is 79.9. The van der Waals surface area contributed by atoms with E-state index in [9.17, 15) is 0 Å². The fraction of sp³-hybridized carbons (Fsp3) is 0.625. The Balaban J connectivity index is 1.77. The summed E-state index contributed by atoms with van der Waals surface area (Å²) in [5.41, 5.74) is 0. The number of piperidine rings is 1. The maximum absolute atomic E-state index is 5.85. The van der Waals surface area contributed by atoms with Crippen molar-refractivity contribution in [2.24, 2.45) is 0 Å². The highest BCUT2D eigenvalue weighted by Gasteiger charge is 2.19. The van der Waals surface area contributed by atoms with Crippen molar-refractivity contribution in [1.29, 1.82) is 0 Å². The van der Waals surface area contributed by atoms with Crippen molar-refractivity contribution >= 4 is 15.9 Å². The lowest BCUT2D eigenvalue weighted by Gasteiger charge is -2.34. The number of rotatable bonds is 7. The monoisotopic (exact) mass is 340 g/mol. The second kappa shape index (κ2) is 8.65. The van der Waals surface area contributed by atoms with Crippen molar-refractivity contribution in [3.63, 3.8) is 0 Å². The van der Waals surface area contributed by atoms with Gasteiger partial charge in [0, 0.05) is 17.1 Å². The number of hydrogen-bond acceptors (Lipinski definition) is 3. The highest BCUT2D eigenvalue weighted by Crippen LogP contribution is 2.17. The molecule has 0 atom stereocenters. The van der Waals surface area contributed by atoms with Gasteiger partial charge in [-0.15, -0.1) is 0 Å². The minimum absolute atomic E-state index is 0.727. The predicted octanol–water partition coefficient (Wildman–Crippen LogP) is 3.29. The van der Waals surface area contributed by atoms with Crippen LogP contribution in [0.25, 0.3) is 0 Å². The molecule has 2 rings (SSSR count). The second-order valence-electron chi connectivity index (χ2n) is 5.32. The molecule has 1 fully saturated rings. The first-order chi connectivity index (χ1) is 9.79. The lowest BCUT2D eigenvalue weighted by atomic mass is 10.0. The van der Waals surface area contributed by atoms with Crippen molar-refractivity contribution in [2.75, 3.05) is 32.8 Å². The molecule has 3 nitrogen and oxygen atoms in total. The van der Waals surface area contributed by atoms with Crippen LogP contribution in [0.15, 0.2) is 28.7 Å². The third kappa shape index (κ3) is 5.08. The molecule has 0 amide bonds. The summed E-state index contributed by atoms with van der Waals surface area (Å²) >= 11 is 3.44. The van der Waals surface area contributed by atoms with Gasteiger partial charge in [-0.2, -0.15) is 0 Å². The Morgan fingerprint density at radius 2 is 1.90 bits per heavy atom. The van der Waals surface area contributed by atoms with Gasteiger partial charge in [-0.3, -0.25) is 4.90 Å². The number of benzene rings is 1. The van der Waals surface area contributed by atoms with Gasteiger partial charge in [-0.1, -0.05) is 22.9 Å². The van der Waals surface area contributed by atoms with Gasteiger partial charge in [-0.25, -0.2) is 0 Å². The van der Waals surface area contributed by atoms with Crippen LogP contribution in [0.4, 0.5) is 0 Å². The van der Waals surface area contributed by atoms with Crippen molar-refractivity contribution < 1.29 is 4.74 Å². The molecule has 1 aromatic rings. The van der Waals surface area contributed by atoms with Gasteiger partial charge in [-0.05, 0) is 63.2 Å². The van der Waals surface area contributed by atoms with Crippen molar-refractivity contribution in [3.8, 4) is 5.75 Å². The Morgan fingerprint density at radius 3 is 2.55 bits per heavy atom. The summed E-state index contributed by atoms with van der Waals surface area (Å²) < 4.78 is 6.94. The van der Waals surface area contributed by atoms with E-state index in [1.165, 1.54) is 25.8 Å². The summed E-state index contributed by atoms with van der Waals surface area (Å²) in [6.07, 6.45) is 3.73. The Morgan fingerprint density at radius 1 is 1.20 bits per heavy atom. The van der Waals surface area contributed by atoms with Crippen LogP contribution in [0.5, 0.6) is 5.75 Å². The number of nitrogens with zero attached hydrogens (tertiary/aromatic N) is 1. The maximum Gasteiger partial charge on any atom is 0.119 e. The Hall–Kier alpha value is -0.580. The van der Waals surface area contributed by atoms with Gasteiger partial charge in [0.15, 0.2) is 0 Å². The van der Waals surface area contributed by atoms with E-state index in [1.54, 1.807) is 0 Å². The molecule has 1 saturated heterocycles. The van der Waals surface area contributed by atoms with E-state index in [0.717, 1.165) is 42.5 Å². The van der Waals surface area contributed by atoms with Crippen LogP contribution >= 0.6 is 15.9 Å². The van der Waals surface area contributed by atoms with Crippen molar-refractivity contribution in [3.05, 3.63) is 28.7 Å². The second-order valence-corrected chi connectivity index (χ2v) is 6.24. The summed E-state index contributed by atoms with van der Waals surface area (Å²) in [5, 5.41) is 3.44. The molecule has 0 unspecified atom stereocenters. The third-order valence-electron chi connectivity index (χ3n) is 3.80. The molecule has 0 saturated carbocycles. The van der Waals surface area contributed by atoms with Gasteiger partial charge in [0.05, 0.1) is 0 Å². The standard InChI is InChI=1S/C16H25BrN2O/c1-2-11-19(15-7-9-18-10-8-15)12-13-20-16-5-3-14(17)4-6-16/h3-6,15,18H,2,7-13H2,1H3. The molecule has 0 spiro atoms. The lowest BCUT2D eigenvalue weighted by molar-refractivity contribution is 0.135. The molecule has 112 valence electrons. The molecule has 0 aliphatic carbocycles. The summed E-state index contributed by atoms with van der Waals surface area (Å²) in [6, 6.07) is 8.79. The van der Waals surface area contributed by atoms with Crippen molar-refractivity contribution in [1.82, 2.24) is 10.2 Å². The molecule has 1 aliphatic rings. The van der Waals surface area contributed by atoms with E-state index >= 15 is 0 Å². The maximum atomic E-state index is 5.85. The van der Waals surface area contributed by atoms with Crippen LogP contribution in [-0.2, 0) is 0 Å². The molecule has 1 aromatic carbocycles. The minimum atomic E-state index is 0.727. The minimum Gasteiger partial charge on any atom is -0.492 e. The van der Waals surface area contributed by atoms with Crippen molar-refractivity contribution in [2.45, 2.75) is 32.2 Å². The molecule has 1 aliphatic heterocycles. The average molecular weight is 341 g/mol. The van der Waals surface area contributed by atoms with E-state index in [2.05, 4.69) is 33.1 Å². The number of ether oxygens (including phenoxy) is 1. The van der Waals surface area contributed by atoms with E-state index in [0.29, 0.717) is 0 Å². The first-order valence-electron chi connectivity index (χ1n) is 7.62. The largest absolute Gasteiger partial charge is 0.492 e. The molecular formula is C16H25BrN2O. The molecule has 20 heavy (non-hydrogen) atoms. The van der Waals surface area contributed by atoms with Gasteiger partial charge < -0.3 is 10.1 Å². The zero-order valence-corrected chi connectivity index (χ0v) is 13.9.